The van der Waals surface area contributed by atoms with Gasteiger partial charge in [0, 0.05) is 18.2 Å². The Morgan fingerprint density at radius 1 is 1.29 bits per heavy atom. The third kappa shape index (κ3) is 5.34. The molecule has 0 radical (unpaired) electrons. The van der Waals surface area contributed by atoms with E-state index in [0.717, 1.165) is 28.9 Å². The number of nitrogens with two attached hydrogens (primary N) is 2. The summed E-state index contributed by atoms with van der Waals surface area (Å²) < 4.78 is 0. The highest BCUT2D eigenvalue weighted by Gasteiger charge is 2.18. The summed E-state index contributed by atoms with van der Waals surface area (Å²) in [5, 5.41) is 0. The SMILES string of the molecule is C=C/C=C(C=C)/C1=C/CC(C(N)=O)=N/C=C\C(=C)N=C1C1=CCC(CN)C=C1. The zero-order valence-corrected chi connectivity index (χ0v) is 16.0. The van der Waals surface area contributed by atoms with Crippen LogP contribution in [-0.4, -0.2) is 23.9 Å². The number of amides is 1. The Bertz CT molecular complexity index is 892. The lowest BCUT2D eigenvalue weighted by molar-refractivity contribution is -0.112. The van der Waals surface area contributed by atoms with E-state index in [0.29, 0.717) is 18.2 Å². The lowest BCUT2D eigenvalue weighted by atomic mass is 9.88. The van der Waals surface area contributed by atoms with Gasteiger partial charge in [0.1, 0.15) is 5.71 Å². The molecule has 2 aliphatic rings. The fourth-order valence-corrected chi connectivity index (χ4v) is 2.85. The largest absolute Gasteiger partial charge is 0.365 e. The van der Waals surface area contributed by atoms with Crippen molar-refractivity contribution in [2.75, 3.05) is 6.54 Å². The van der Waals surface area contributed by atoms with E-state index < -0.39 is 5.91 Å². The minimum Gasteiger partial charge on any atom is -0.365 e. The monoisotopic (exact) mass is 374 g/mol. The van der Waals surface area contributed by atoms with Crippen molar-refractivity contribution < 1.29 is 4.79 Å². The molecule has 1 unspecified atom stereocenters. The van der Waals surface area contributed by atoms with Crippen LogP contribution in [0.2, 0.25) is 0 Å². The Balaban J connectivity index is 2.63. The minimum absolute atomic E-state index is 0.251. The number of hydrogen-bond acceptors (Lipinski definition) is 4. The molecule has 0 aromatic carbocycles. The molecule has 144 valence electrons. The van der Waals surface area contributed by atoms with Crippen LogP contribution in [-0.2, 0) is 4.79 Å². The lowest BCUT2D eigenvalue weighted by Crippen LogP contribution is -2.23. The molecule has 0 aromatic heterocycles. The van der Waals surface area contributed by atoms with E-state index in [2.05, 4.69) is 36.9 Å². The van der Waals surface area contributed by atoms with Gasteiger partial charge in [0.2, 0.25) is 0 Å². The average Bonchev–Trinajstić information content (AvgIpc) is 2.70. The molecule has 5 nitrogen and oxygen atoms in total. The highest BCUT2D eigenvalue weighted by Crippen LogP contribution is 2.26. The molecular weight excluding hydrogens is 348 g/mol. The number of allylic oxidation sites excluding steroid dienone is 10. The van der Waals surface area contributed by atoms with Crippen LogP contribution >= 0.6 is 0 Å². The standard InChI is InChI=1S/C23H26N4O/c1-4-6-18(5-2)20-11-12-21(23(25)28)26-14-13-16(3)27-22(20)19-9-7-17(15-24)8-10-19/h4-7,9-11,13-14,17H,1-3,8,12,15,24H2,(H2,25,28)/b14-13-,18-6+,20-11-,26-21?,27-22?. The van der Waals surface area contributed by atoms with E-state index in [4.69, 9.17) is 16.5 Å². The van der Waals surface area contributed by atoms with Crippen LogP contribution in [0.3, 0.4) is 0 Å². The van der Waals surface area contributed by atoms with E-state index in [1.54, 1.807) is 18.2 Å². The van der Waals surface area contributed by atoms with Gasteiger partial charge in [0.05, 0.1) is 11.4 Å². The summed E-state index contributed by atoms with van der Waals surface area (Å²) in [7, 11) is 0. The number of nitrogens with zero attached hydrogens (tertiary/aromatic N) is 2. The summed E-state index contributed by atoms with van der Waals surface area (Å²) in [6, 6.07) is 0. The summed E-state index contributed by atoms with van der Waals surface area (Å²) in [6.07, 6.45) is 17.6. The average molecular weight is 374 g/mol. The summed E-state index contributed by atoms with van der Waals surface area (Å²) >= 11 is 0. The molecular formula is C23H26N4O. The quantitative estimate of drug-likeness (QED) is 0.697. The zero-order chi connectivity index (χ0) is 20.5. The van der Waals surface area contributed by atoms with Gasteiger partial charge in [-0.3, -0.25) is 9.79 Å². The Morgan fingerprint density at radius 3 is 2.64 bits per heavy atom. The molecule has 5 heteroatoms. The van der Waals surface area contributed by atoms with Gasteiger partial charge in [0.25, 0.3) is 5.91 Å². The molecule has 1 atom stereocenters. The third-order valence-electron chi connectivity index (χ3n) is 4.38. The molecule has 0 aromatic rings. The molecule has 2 rings (SSSR count). The second-order valence-electron chi connectivity index (χ2n) is 6.34. The van der Waals surface area contributed by atoms with Gasteiger partial charge in [-0.05, 0) is 36.1 Å². The Kier molecular flexibility index (Phi) is 7.60. The van der Waals surface area contributed by atoms with E-state index in [9.17, 15) is 4.79 Å². The second kappa shape index (κ2) is 10.1. The molecule has 0 bridgehead atoms. The van der Waals surface area contributed by atoms with Crippen LogP contribution in [0.25, 0.3) is 0 Å². The molecule has 1 amide bonds. The maximum atomic E-state index is 11.7. The summed E-state index contributed by atoms with van der Waals surface area (Å²) in [6.45, 7) is 12.3. The first kappa shape index (κ1) is 21.0. The normalized spacial score (nSPS) is 23.5. The van der Waals surface area contributed by atoms with Crippen LogP contribution in [0.15, 0.2) is 107 Å². The highest BCUT2D eigenvalue weighted by molar-refractivity contribution is 6.39. The van der Waals surface area contributed by atoms with Crippen molar-refractivity contribution >= 4 is 17.3 Å². The minimum atomic E-state index is -0.569. The van der Waals surface area contributed by atoms with Crippen molar-refractivity contribution in [3.05, 3.63) is 97.0 Å². The van der Waals surface area contributed by atoms with Crippen molar-refractivity contribution in [2.24, 2.45) is 27.4 Å². The Labute approximate surface area is 166 Å². The van der Waals surface area contributed by atoms with Gasteiger partial charge in [-0.2, -0.15) is 0 Å². The van der Waals surface area contributed by atoms with Crippen LogP contribution in [0.4, 0.5) is 0 Å². The number of carbonyl (C=O) groups is 1. The molecule has 28 heavy (non-hydrogen) atoms. The Morgan fingerprint density at radius 2 is 2.07 bits per heavy atom. The highest BCUT2D eigenvalue weighted by atomic mass is 16.1. The van der Waals surface area contributed by atoms with Crippen molar-refractivity contribution in [3.63, 3.8) is 0 Å². The summed E-state index contributed by atoms with van der Waals surface area (Å²) in [5.74, 6) is -0.254. The van der Waals surface area contributed by atoms with Gasteiger partial charge < -0.3 is 11.5 Å². The van der Waals surface area contributed by atoms with Gasteiger partial charge in [-0.15, -0.1) is 0 Å². The summed E-state index contributed by atoms with van der Waals surface area (Å²) in [5.41, 5.74) is 15.3. The first-order valence-electron chi connectivity index (χ1n) is 9.05. The smallest absolute Gasteiger partial charge is 0.263 e. The van der Waals surface area contributed by atoms with Gasteiger partial charge in [-0.1, -0.05) is 62.3 Å². The molecule has 1 aliphatic heterocycles. The maximum Gasteiger partial charge on any atom is 0.263 e. The maximum absolute atomic E-state index is 11.7. The van der Waals surface area contributed by atoms with E-state index in [1.807, 2.05) is 18.2 Å². The zero-order valence-electron chi connectivity index (χ0n) is 16.0. The fraction of sp³-hybridized carbons (Fsp3) is 0.174. The molecule has 1 aliphatic carbocycles. The number of hydrogen-bond donors (Lipinski definition) is 2. The van der Waals surface area contributed by atoms with Crippen LogP contribution in [0.5, 0.6) is 0 Å². The van der Waals surface area contributed by atoms with E-state index >= 15 is 0 Å². The molecule has 0 saturated heterocycles. The number of aliphatic imine (C=N–C) groups is 2. The van der Waals surface area contributed by atoms with E-state index in [1.165, 1.54) is 6.20 Å². The number of carbonyl (C=O) groups excluding carboxylic acids is 1. The van der Waals surface area contributed by atoms with Crippen molar-refractivity contribution in [1.29, 1.82) is 0 Å². The Hall–Kier alpha value is -3.31. The number of primary amides is 1. The van der Waals surface area contributed by atoms with Crippen LogP contribution in [0, 0.1) is 5.92 Å². The van der Waals surface area contributed by atoms with Crippen molar-refractivity contribution in [2.45, 2.75) is 12.8 Å². The predicted molar refractivity (Wildman–Crippen MR) is 118 cm³/mol. The van der Waals surface area contributed by atoms with Gasteiger partial charge in [0.15, 0.2) is 0 Å². The van der Waals surface area contributed by atoms with Crippen LogP contribution in [0.1, 0.15) is 12.8 Å². The second-order valence-corrected chi connectivity index (χ2v) is 6.34. The third-order valence-corrected chi connectivity index (χ3v) is 4.38. The molecule has 4 N–H and O–H groups in total. The number of rotatable bonds is 6. The van der Waals surface area contributed by atoms with Gasteiger partial charge >= 0.3 is 0 Å². The van der Waals surface area contributed by atoms with Gasteiger partial charge in [-0.25, -0.2) is 4.99 Å². The van der Waals surface area contributed by atoms with Crippen molar-refractivity contribution in [1.82, 2.24) is 0 Å². The fourth-order valence-electron chi connectivity index (χ4n) is 2.85. The van der Waals surface area contributed by atoms with Crippen LogP contribution < -0.4 is 11.5 Å². The molecule has 1 heterocycles. The molecule has 0 fully saturated rings. The molecule has 0 saturated carbocycles. The summed E-state index contributed by atoms with van der Waals surface area (Å²) in [4.78, 5) is 20.6. The lowest BCUT2D eigenvalue weighted by Gasteiger charge is -2.19. The molecule has 0 spiro atoms. The van der Waals surface area contributed by atoms with E-state index in [-0.39, 0.29) is 12.1 Å². The first-order chi connectivity index (χ1) is 13.5. The first-order valence-corrected chi connectivity index (χ1v) is 9.05. The topological polar surface area (TPSA) is 93.8 Å². The predicted octanol–water partition coefficient (Wildman–Crippen LogP) is 3.47. The van der Waals surface area contributed by atoms with Crippen molar-refractivity contribution in [3.8, 4) is 0 Å².